The molecule has 0 radical (unpaired) electrons. The molecule has 9 heteroatoms. The maximum absolute atomic E-state index is 12.7. The van der Waals surface area contributed by atoms with Gasteiger partial charge in [-0.15, -0.1) is 0 Å². The first-order valence-corrected chi connectivity index (χ1v) is 10.9. The van der Waals surface area contributed by atoms with Gasteiger partial charge in [-0.1, -0.05) is 23.2 Å². The topological polar surface area (TPSA) is 81.9 Å². The number of fused-ring (bicyclic) bond motifs is 1. The van der Waals surface area contributed by atoms with E-state index in [4.69, 9.17) is 37.1 Å². The van der Waals surface area contributed by atoms with Crippen molar-refractivity contribution in [2.75, 3.05) is 13.1 Å². The molecule has 0 saturated carbocycles. The SMILES string of the molecule is CC(C)(C)OC(=O)N1CCC(OC(=O)c2ccc3nc(-c4cc(Cl)cc(Cl)c4)oc3c2)C1. The van der Waals surface area contributed by atoms with Gasteiger partial charge >= 0.3 is 12.1 Å². The van der Waals surface area contributed by atoms with Crippen molar-refractivity contribution < 1.29 is 23.5 Å². The fourth-order valence-electron chi connectivity index (χ4n) is 3.39. The van der Waals surface area contributed by atoms with Crippen molar-refractivity contribution in [1.82, 2.24) is 9.88 Å². The number of ether oxygens (including phenoxy) is 2. The number of hydrogen-bond acceptors (Lipinski definition) is 6. The van der Waals surface area contributed by atoms with Gasteiger partial charge in [-0.05, 0) is 57.2 Å². The molecule has 7 nitrogen and oxygen atoms in total. The van der Waals surface area contributed by atoms with Crippen LogP contribution < -0.4 is 0 Å². The molecule has 0 spiro atoms. The highest BCUT2D eigenvalue weighted by molar-refractivity contribution is 6.35. The molecular weight excluding hydrogens is 455 g/mol. The van der Waals surface area contributed by atoms with Crippen molar-refractivity contribution in [3.63, 3.8) is 0 Å². The Labute approximate surface area is 195 Å². The molecule has 1 aliphatic heterocycles. The van der Waals surface area contributed by atoms with Crippen LogP contribution in [-0.2, 0) is 9.47 Å². The van der Waals surface area contributed by atoms with Gasteiger partial charge in [-0.3, -0.25) is 0 Å². The van der Waals surface area contributed by atoms with Crippen molar-refractivity contribution in [1.29, 1.82) is 0 Å². The first kappa shape index (κ1) is 22.4. The van der Waals surface area contributed by atoms with Crippen LogP contribution in [0.25, 0.3) is 22.6 Å². The highest BCUT2D eigenvalue weighted by Crippen LogP contribution is 2.30. The van der Waals surface area contributed by atoms with E-state index >= 15 is 0 Å². The lowest BCUT2D eigenvalue weighted by atomic mass is 10.2. The summed E-state index contributed by atoms with van der Waals surface area (Å²) in [6, 6.07) is 9.92. The van der Waals surface area contributed by atoms with Crippen LogP contribution >= 0.6 is 23.2 Å². The molecule has 2 aromatic carbocycles. The van der Waals surface area contributed by atoms with Crippen molar-refractivity contribution in [3.8, 4) is 11.5 Å². The average Bonchev–Trinajstić information content (AvgIpc) is 3.32. The van der Waals surface area contributed by atoms with E-state index in [1.807, 2.05) is 20.8 Å². The van der Waals surface area contributed by atoms with Crippen LogP contribution in [0.2, 0.25) is 10.0 Å². The van der Waals surface area contributed by atoms with Crippen molar-refractivity contribution in [2.45, 2.75) is 38.9 Å². The molecule has 1 aliphatic rings. The third-order valence-electron chi connectivity index (χ3n) is 4.80. The number of amides is 1. The monoisotopic (exact) mass is 476 g/mol. The second-order valence-corrected chi connectivity index (χ2v) is 9.47. The fraction of sp³-hybridized carbons (Fsp3) is 0.348. The molecule has 0 N–H and O–H groups in total. The number of halogens is 2. The third kappa shape index (κ3) is 5.16. The number of nitrogens with zero attached hydrogens (tertiary/aromatic N) is 2. The number of benzene rings is 2. The second kappa shape index (κ2) is 8.64. The van der Waals surface area contributed by atoms with E-state index in [9.17, 15) is 9.59 Å². The number of likely N-dealkylation sites (tertiary alicyclic amines) is 1. The molecule has 1 fully saturated rings. The molecule has 1 aromatic heterocycles. The maximum atomic E-state index is 12.7. The van der Waals surface area contributed by atoms with Crippen LogP contribution in [0.4, 0.5) is 4.79 Å². The summed E-state index contributed by atoms with van der Waals surface area (Å²) >= 11 is 12.1. The zero-order valence-corrected chi connectivity index (χ0v) is 19.4. The summed E-state index contributed by atoms with van der Waals surface area (Å²) < 4.78 is 16.8. The van der Waals surface area contributed by atoms with Crippen molar-refractivity contribution in [2.24, 2.45) is 0 Å². The predicted octanol–water partition coefficient (Wildman–Crippen LogP) is 5.97. The van der Waals surface area contributed by atoms with E-state index in [1.165, 1.54) is 0 Å². The van der Waals surface area contributed by atoms with Crippen LogP contribution in [0.5, 0.6) is 0 Å². The Bertz CT molecular complexity index is 1160. The molecule has 3 aromatic rings. The van der Waals surface area contributed by atoms with E-state index < -0.39 is 23.8 Å². The number of carbonyl (C=O) groups excluding carboxylic acids is 2. The third-order valence-corrected chi connectivity index (χ3v) is 5.24. The minimum Gasteiger partial charge on any atom is -0.457 e. The quantitative estimate of drug-likeness (QED) is 0.433. The number of hydrogen-bond donors (Lipinski definition) is 0. The minimum atomic E-state index is -0.576. The normalized spacial score (nSPS) is 16.4. The van der Waals surface area contributed by atoms with Gasteiger partial charge in [-0.2, -0.15) is 0 Å². The Morgan fingerprint density at radius 2 is 1.84 bits per heavy atom. The Morgan fingerprint density at radius 3 is 2.53 bits per heavy atom. The molecule has 1 unspecified atom stereocenters. The summed E-state index contributed by atoms with van der Waals surface area (Å²) in [5.74, 6) is -0.148. The Balaban J connectivity index is 1.45. The molecule has 32 heavy (non-hydrogen) atoms. The van der Waals surface area contributed by atoms with Gasteiger partial charge in [0.05, 0.1) is 12.1 Å². The summed E-state index contributed by atoms with van der Waals surface area (Å²) in [6.07, 6.45) is -0.257. The molecule has 1 atom stereocenters. The van der Waals surface area contributed by atoms with Gasteiger partial charge in [0.2, 0.25) is 5.89 Å². The molecule has 0 aliphatic carbocycles. The van der Waals surface area contributed by atoms with Crippen LogP contribution in [0.1, 0.15) is 37.6 Å². The zero-order valence-electron chi connectivity index (χ0n) is 17.9. The van der Waals surface area contributed by atoms with E-state index in [0.29, 0.717) is 57.7 Å². The first-order chi connectivity index (χ1) is 15.1. The van der Waals surface area contributed by atoms with Crippen LogP contribution in [-0.4, -0.2) is 46.7 Å². The van der Waals surface area contributed by atoms with Gasteiger partial charge < -0.3 is 18.8 Å². The summed E-state index contributed by atoms with van der Waals surface area (Å²) in [5, 5.41) is 0.937. The van der Waals surface area contributed by atoms with Gasteiger partial charge in [0, 0.05) is 28.6 Å². The number of rotatable bonds is 3. The Morgan fingerprint density at radius 1 is 1.12 bits per heavy atom. The standard InChI is InChI=1S/C23H22Cl2N2O5/c1-23(2,3)32-22(29)27-7-6-17(12-27)30-21(28)13-4-5-18-19(10-13)31-20(26-18)14-8-15(24)11-16(25)9-14/h4-5,8-11,17H,6-7,12H2,1-3H3. The Hall–Kier alpha value is -2.77. The van der Waals surface area contributed by atoms with Gasteiger partial charge in [0.1, 0.15) is 17.2 Å². The summed E-state index contributed by atoms with van der Waals surface area (Å²) in [4.78, 5) is 30.8. The van der Waals surface area contributed by atoms with Crippen LogP contribution in [0.15, 0.2) is 40.8 Å². The van der Waals surface area contributed by atoms with Crippen molar-refractivity contribution >= 4 is 46.4 Å². The average molecular weight is 477 g/mol. The first-order valence-electron chi connectivity index (χ1n) is 10.1. The molecule has 1 saturated heterocycles. The molecule has 4 rings (SSSR count). The summed E-state index contributed by atoms with van der Waals surface area (Å²) in [6.45, 7) is 6.20. The smallest absolute Gasteiger partial charge is 0.410 e. The minimum absolute atomic E-state index is 0.297. The van der Waals surface area contributed by atoms with E-state index in [1.54, 1.807) is 41.3 Å². The summed E-state index contributed by atoms with van der Waals surface area (Å²) in [7, 11) is 0. The van der Waals surface area contributed by atoms with Crippen molar-refractivity contribution in [3.05, 3.63) is 52.0 Å². The van der Waals surface area contributed by atoms with Crippen LogP contribution in [0, 0.1) is 0 Å². The summed E-state index contributed by atoms with van der Waals surface area (Å²) in [5.41, 5.74) is 1.42. The predicted molar refractivity (Wildman–Crippen MR) is 121 cm³/mol. The van der Waals surface area contributed by atoms with E-state index in [2.05, 4.69) is 4.98 Å². The molecule has 168 valence electrons. The van der Waals surface area contributed by atoms with Crippen LogP contribution in [0.3, 0.4) is 0 Å². The molecule has 0 bridgehead atoms. The number of esters is 1. The second-order valence-electron chi connectivity index (χ2n) is 8.60. The number of carbonyl (C=O) groups is 2. The highest BCUT2D eigenvalue weighted by atomic mass is 35.5. The lowest BCUT2D eigenvalue weighted by Gasteiger charge is -2.24. The Kier molecular flexibility index (Phi) is 6.05. The lowest BCUT2D eigenvalue weighted by Crippen LogP contribution is -2.36. The number of aromatic nitrogens is 1. The fourth-order valence-corrected chi connectivity index (χ4v) is 3.91. The molecule has 2 heterocycles. The van der Waals surface area contributed by atoms with Gasteiger partial charge in [0.25, 0.3) is 0 Å². The maximum Gasteiger partial charge on any atom is 0.410 e. The van der Waals surface area contributed by atoms with E-state index in [0.717, 1.165) is 0 Å². The number of oxazole rings is 1. The lowest BCUT2D eigenvalue weighted by molar-refractivity contribution is 0.0191. The zero-order chi connectivity index (χ0) is 23.0. The van der Waals surface area contributed by atoms with Gasteiger partial charge in [-0.25, -0.2) is 14.6 Å². The van der Waals surface area contributed by atoms with E-state index in [-0.39, 0.29) is 0 Å². The highest BCUT2D eigenvalue weighted by Gasteiger charge is 2.32. The molecule has 1 amide bonds. The largest absolute Gasteiger partial charge is 0.457 e. The molecular formula is C23H22Cl2N2O5. The van der Waals surface area contributed by atoms with Gasteiger partial charge in [0.15, 0.2) is 5.58 Å².